The van der Waals surface area contributed by atoms with Crippen molar-refractivity contribution in [3.05, 3.63) is 35.1 Å². The minimum atomic E-state index is -4.51. The maximum Gasteiger partial charge on any atom is 0.416 e. The van der Waals surface area contributed by atoms with E-state index >= 15 is 0 Å². The van der Waals surface area contributed by atoms with Crippen molar-refractivity contribution in [2.45, 2.75) is 32.0 Å². The number of halogens is 4. The SMILES string of the molecule is CC1(C)C(N)C1c1ccc(C(F)(F)F)cc1F. The van der Waals surface area contributed by atoms with Gasteiger partial charge in [-0.25, -0.2) is 4.39 Å². The fourth-order valence-corrected chi connectivity index (χ4v) is 2.23. The van der Waals surface area contributed by atoms with E-state index < -0.39 is 17.6 Å². The van der Waals surface area contributed by atoms with Crippen molar-refractivity contribution in [2.75, 3.05) is 0 Å². The number of hydrogen-bond donors (Lipinski definition) is 1. The first-order valence-electron chi connectivity index (χ1n) is 5.28. The normalized spacial score (nSPS) is 27.0. The smallest absolute Gasteiger partial charge is 0.327 e. The van der Waals surface area contributed by atoms with Crippen LogP contribution in [-0.2, 0) is 6.18 Å². The van der Waals surface area contributed by atoms with Crippen LogP contribution in [0.25, 0.3) is 0 Å². The molecule has 0 bridgehead atoms. The summed E-state index contributed by atoms with van der Waals surface area (Å²) in [5.41, 5.74) is 4.84. The summed E-state index contributed by atoms with van der Waals surface area (Å²) in [7, 11) is 0. The fourth-order valence-electron chi connectivity index (χ4n) is 2.23. The van der Waals surface area contributed by atoms with Gasteiger partial charge in [0.25, 0.3) is 0 Å². The molecule has 0 amide bonds. The van der Waals surface area contributed by atoms with Gasteiger partial charge in [-0.1, -0.05) is 19.9 Å². The highest BCUT2D eigenvalue weighted by Gasteiger charge is 2.57. The summed E-state index contributed by atoms with van der Waals surface area (Å²) >= 11 is 0. The van der Waals surface area contributed by atoms with Crippen LogP contribution in [0.1, 0.15) is 30.9 Å². The van der Waals surface area contributed by atoms with Gasteiger partial charge in [0.1, 0.15) is 5.82 Å². The second-order valence-electron chi connectivity index (χ2n) is 5.06. The van der Waals surface area contributed by atoms with E-state index in [1.807, 2.05) is 13.8 Å². The number of benzene rings is 1. The van der Waals surface area contributed by atoms with Crippen LogP contribution in [0.4, 0.5) is 17.6 Å². The lowest BCUT2D eigenvalue weighted by Gasteiger charge is -2.09. The molecule has 1 aromatic carbocycles. The lowest BCUT2D eigenvalue weighted by molar-refractivity contribution is -0.137. The predicted molar refractivity (Wildman–Crippen MR) is 55.9 cm³/mol. The molecule has 1 aliphatic carbocycles. The Bertz CT molecular complexity index is 450. The zero-order chi connectivity index (χ0) is 13.0. The van der Waals surface area contributed by atoms with E-state index in [0.717, 1.165) is 6.07 Å². The molecule has 0 heterocycles. The Balaban J connectivity index is 2.35. The Morgan fingerprint density at radius 1 is 1.24 bits per heavy atom. The highest BCUT2D eigenvalue weighted by Crippen LogP contribution is 2.57. The van der Waals surface area contributed by atoms with Gasteiger partial charge in [-0.15, -0.1) is 0 Å². The molecule has 0 spiro atoms. The number of alkyl halides is 3. The highest BCUT2D eigenvalue weighted by atomic mass is 19.4. The molecule has 2 N–H and O–H groups in total. The van der Waals surface area contributed by atoms with E-state index in [1.165, 1.54) is 6.07 Å². The molecular formula is C12H13F4N. The van der Waals surface area contributed by atoms with Crippen LogP contribution >= 0.6 is 0 Å². The predicted octanol–water partition coefficient (Wildman–Crippen LogP) is 3.30. The summed E-state index contributed by atoms with van der Waals surface area (Å²) in [6.45, 7) is 3.75. The largest absolute Gasteiger partial charge is 0.416 e. The average molecular weight is 247 g/mol. The van der Waals surface area contributed by atoms with Gasteiger partial charge in [-0.05, 0) is 23.1 Å². The standard InChI is InChI=1S/C12H13F4N/c1-11(2)9(10(11)17)7-4-3-6(5-8(7)13)12(14,15)16/h3-5,9-10H,17H2,1-2H3. The summed E-state index contributed by atoms with van der Waals surface area (Å²) in [5, 5.41) is 0. The van der Waals surface area contributed by atoms with Crippen LogP contribution < -0.4 is 5.73 Å². The van der Waals surface area contributed by atoms with Crippen LogP contribution in [0.3, 0.4) is 0 Å². The monoisotopic (exact) mass is 247 g/mol. The van der Waals surface area contributed by atoms with E-state index in [1.54, 1.807) is 0 Å². The van der Waals surface area contributed by atoms with E-state index in [9.17, 15) is 17.6 Å². The van der Waals surface area contributed by atoms with Crippen molar-refractivity contribution < 1.29 is 17.6 Å². The zero-order valence-electron chi connectivity index (χ0n) is 9.48. The average Bonchev–Trinajstić information content (AvgIpc) is 2.65. The zero-order valence-corrected chi connectivity index (χ0v) is 9.48. The van der Waals surface area contributed by atoms with Gasteiger partial charge in [0.05, 0.1) is 5.56 Å². The molecule has 0 aliphatic heterocycles. The molecule has 94 valence electrons. The van der Waals surface area contributed by atoms with Crippen molar-refractivity contribution in [3.8, 4) is 0 Å². The van der Waals surface area contributed by atoms with E-state index in [-0.39, 0.29) is 22.9 Å². The van der Waals surface area contributed by atoms with Crippen molar-refractivity contribution in [2.24, 2.45) is 11.1 Å². The molecule has 0 saturated heterocycles. The third kappa shape index (κ3) is 1.92. The number of nitrogens with two attached hydrogens (primary N) is 1. The maximum atomic E-state index is 13.6. The van der Waals surface area contributed by atoms with Crippen LogP contribution in [-0.4, -0.2) is 6.04 Å². The van der Waals surface area contributed by atoms with Gasteiger partial charge in [-0.2, -0.15) is 13.2 Å². The lowest BCUT2D eigenvalue weighted by atomic mass is 10.0. The Kier molecular flexibility index (Phi) is 2.51. The Morgan fingerprint density at radius 3 is 2.12 bits per heavy atom. The summed E-state index contributed by atoms with van der Waals surface area (Å²) in [6.07, 6.45) is -4.51. The fraction of sp³-hybridized carbons (Fsp3) is 0.500. The van der Waals surface area contributed by atoms with Gasteiger partial charge < -0.3 is 5.73 Å². The molecule has 1 fully saturated rings. The van der Waals surface area contributed by atoms with Gasteiger partial charge in [0, 0.05) is 12.0 Å². The van der Waals surface area contributed by atoms with Crippen LogP contribution in [0, 0.1) is 11.2 Å². The third-order valence-corrected chi connectivity index (χ3v) is 3.57. The van der Waals surface area contributed by atoms with E-state index in [0.29, 0.717) is 6.07 Å². The first-order valence-corrected chi connectivity index (χ1v) is 5.28. The summed E-state index contributed by atoms with van der Waals surface area (Å²) in [4.78, 5) is 0. The maximum absolute atomic E-state index is 13.6. The minimum Gasteiger partial charge on any atom is -0.327 e. The molecule has 17 heavy (non-hydrogen) atoms. The number of hydrogen-bond acceptors (Lipinski definition) is 1. The quantitative estimate of drug-likeness (QED) is 0.757. The van der Waals surface area contributed by atoms with Gasteiger partial charge >= 0.3 is 6.18 Å². The molecule has 1 nitrogen and oxygen atoms in total. The number of rotatable bonds is 1. The molecule has 1 saturated carbocycles. The molecule has 1 aromatic rings. The van der Waals surface area contributed by atoms with Crippen LogP contribution in [0.5, 0.6) is 0 Å². The van der Waals surface area contributed by atoms with Crippen LogP contribution in [0.2, 0.25) is 0 Å². The summed E-state index contributed by atoms with van der Waals surface area (Å²) in [5.74, 6) is -1.03. The first kappa shape index (κ1) is 12.4. The Morgan fingerprint density at radius 2 is 1.76 bits per heavy atom. The highest BCUT2D eigenvalue weighted by molar-refractivity contribution is 5.37. The summed E-state index contributed by atoms with van der Waals surface area (Å²) in [6, 6.07) is 2.43. The van der Waals surface area contributed by atoms with Crippen molar-refractivity contribution in [1.82, 2.24) is 0 Å². The lowest BCUT2D eigenvalue weighted by Crippen LogP contribution is -2.07. The first-order chi connectivity index (χ1) is 7.65. The van der Waals surface area contributed by atoms with E-state index in [2.05, 4.69) is 0 Å². The third-order valence-electron chi connectivity index (χ3n) is 3.57. The minimum absolute atomic E-state index is 0.200. The van der Waals surface area contributed by atoms with Gasteiger partial charge in [0.2, 0.25) is 0 Å². The second kappa shape index (κ2) is 3.45. The van der Waals surface area contributed by atoms with Crippen molar-refractivity contribution in [1.29, 1.82) is 0 Å². The topological polar surface area (TPSA) is 26.0 Å². The molecule has 0 aromatic heterocycles. The van der Waals surface area contributed by atoms with Gasteiger partial charge in [-0.3, -0.25) is 0 Å². The second-order valence-corrected chi connectivity index (χ2v) is 5.06. The van der Waals surface area contributed by atoms with Crippen LogP contribution in [0.15, 0.2) is 18.2 Å². The molecular weight excluding hydrogens is 234 g/mol. The molecule has 0 radical (unpaired) electrons. The molecule has 1 aliphatic rings. The molecule has 2 atom stereocenters. The van der Waals surface area contributed by atoms with Crippen molar-refractivity contribution in [3.63, 3.8) is 0 Å². The van der Waals surface area contributed by atoms with E-state index in [4.69, 9.17) is 5.73 Å². The Labute approximate surface area is 96.6 Å². The molecule has 5 heteroatoms. The summed E-state index contributed by atoms with van der Waals surface area (Å²) < 4.78 is 50.7. The van der Waals surface area contributed by atoms with Gasteiger partial charge in [0.15, 0.2) is 0 Å². The molecule has 2 rings (SSSR count). The molecule has 2 unspecified atom stereocenters. The Hall–Kier alpha value is -1.10. The van der Waals surface area contributed by atoms with Crippen molar-refractivity contribution >= 4 is 0 Å².